The molecule has 2 aromatic rings. The van der Waals surface area contributed by atoms with E-state index in [1.165, 1.54) is 5.56 Å². The first-order chi connectivity index (χ1) is 10.2. The fourth-order valence-corrected chi connectivity index (χ4v) is 2.87. The summed E-state index contributed by atoms with van der Waals surface area (Å²) < 4.78 is 5.85. The SMILES string of the molecule is O=[N+]([O-])c1ccc([C@@H]2C[C@H](c3ccccc3)CCO2)cc1. The molecule has 2 atom stereocenters. The zero-order valence-electron chi connectivity index (χ0n) is 11.6. The van der Waals surface area contributed by atoms with Crippen molar-refractivity contribution in [2.45, 2.75) is 24.9 Å². The standard InChI is InChI=1S/C17H17NO3/c19-18(20)16-8-6-14(7-9-16)17-12-15(10-11-21-17)13-4-2-1-3-5-13/h1-9,15,17H,10-12H2/t15-,17+/m1/s1. The van der Waals surface area contributed by atoms with Crippen molar-refractivity contribution in [2.75, 3.05) is 6.61 Å². The number of ether oxygens (including phenoxy) is 1. The van der Waals surface area contributed by atoms with Gasteiger partial charge < -0.3 is 4.74 Å². The maximum atomic E-state index is 10.7. The van der Waals surface area contributed by atoms with Gasteiger partial charge in [0.25, 0.3) is 5.69 Å². The highest BCUT2D eigenvalue weighted by Crippen LogP contribution is 2.37. The average Bonchev–Trinajstić information content (AvgIpc) is 2.56. The molecule has 0 unspecified atom stereocenters. The topological polar surface area (TPSA) is 52.4 Å². The fraction of sp³-hybridized carbons (Fsp3) is 0.294. The number of nitrogens with zero attached hydrogens (tertiary/aromatic N) is 1. The number of nitro benzene ring substituents is 1. The van der Waals surface area contributed by atoms with Crippen molar-refractivity contribution in [1.82, 2.24) is 0 Å². The largest absolute Gasteiger partial charge is 0.373 e. The molecule has 0 aliphatic carbocycles. The minimum Gasteiger partial charge on any atom is -0.373 e. The first-order valence-electron chi connectivity index (χ1n) is 7.15. The second-order valence-corrected chi connectivity index (χ2v) is 5.34. The van der Waals surface area contributed by atoms with Gasteiger partial charge in [-0.25, -0.2) is 0 Å². The third-order valence-electron chi connectivity index (χ3n) is 4.03. The van der Waals surface area contributed by atoms with E-state index in [-0.39, 0.29) is 16.7 Å². The van der Waals surface area contributed by atoms with E-state index in [9.17, 15) is 10.1 Å². The van der Waals surface area contributed by atoms with Gasteiger partial charge in [-0.1, -0.05) is 30.3 Å². The van der Waals surface area contributed by atoms with Crippen LogP contribution in [-0.2, 0) is 4.74 Å². The van der Waals surface area contributed by atoms with Gasteiger partial charge in [-0.3, -0.25) is 10.1 Å². The Morgan fingerprint density at radius 2 is 1.71 bits per heavy atom. The van der Waals surface area contributed by atoms with Crippen molar-refractivity contribution in [1.29, 1.82) is 0 Å². The summed E-state index contributed by atoms with van der Waals surface area (Å²) >= 11 is 0. The van der Waals surface area contributed by atoms with Crippen LogP contribution in [0.2, 0.25) is 0 Å². The van der Waals surface area contributed by atoms with Crippen LogP contribution in [0.3, 0.4) is 0 Å². The first-order valence-corrected chi connectivity index (χ1v) is 7.15. The van der Waals surface area contributed by atoms with Crippen LogP contribution in [0.1, 0.15) is 36.0 Å². The third kappa shape index (κ3) is 3.11. The number of non-ortho nitro benzene ring substituents is 1. The quantitative estimate of drug-likeness (QED) is 0.625. The third-order valence-corrected chi connectivity index (χ3v) is 4.03. The summed E-state index contributed by atoms with van der Waals surface area (Å²) in [5.41, 5.74) is 2.48. The highest BCUT2D eigenvalue weighted by molar-refractivity contribution is 5.34. The molecule has 1 aliphatic rings. The normalized spacial score (nSPS) is 21.9. The molecule has 3 rings (SSSR count). The van der Waals surface area contributed by atoms with Crippen LogP contribution in [0, 0.1) is 10.1 Å². The van der Waals surface area contributed by atoms with Crippen molar-refractivity contribution in [2.24, 2.45) is 0 Å². The molecule has 0 N–H and O–H groups in total. The Morgan fingerprint density at radius 1 is 1.00 bits per heavy atom. The highest BCUT2D eigenvalue weighted by Gasteiger charge is 2.25. The maximum absolute atomic E-state index is 10.7. The van der Waals surface area contributed by atoms with Crippen LogP contribution in [0.4, 0.5) is 5.69 Å². The molecular weight excluding hydrogens is 266 g/mol. The van der Waals surface area contributed by atoms with Gasteiger partial charge in [-0.05, 0) is 42.0 Å². The summed E-state index contributed by atoms with van der Waals surface area (Å²) in [7, 11) is 0. The van der Waals surface area contributed by atoms with Gasteiger partial charge in [-0.2, -0.15) is 0 Å². The Balaban J connectivity index is 1.75. The predicted octanol–water partition coefficient (Wildman–Crippen LogP) is 4.23. The number of hydrogen-bond donors (Lipinski definition) is 0. The molecule has 1 saturated heterocycles. The lowest BCUT2D eigenvalue weighted by molar-refractivity contribution is -0.384. The van der Waals surface area contributed by atoms with Gasteiger partial charge in [0, 0.05) is 18.7 Å². The molecule has 0 radical (unpaired) electrons. The molecule has 108 valence electrons. The molecule has 2 aromatic carbocycles. The summed E-state index contributed by atoms with van der Waals surface area (Å²) in [4.78, 5) is 10.3. The summed E-state index contributed by atoms with van der Waals surface area (Å²) in [6.07, 6.45) is 1.96. The molecule has 4 heteroatoms. The van der Waals surface area contributed by atoms with Crippen molar-refractivity contribution in [3.8, 4) is 0 Å². The zero-order chi connectivity index (χ0) is 14.7. The number of rotatable bonds is 3. The van der Waals surface area contributed by atoms with Crippen LogP contribution in [0.5, 0.6) is 0 Å². The number of nitro groups is 1. The monoisotopic (exact) mass is 283 g/mol. The van der Waals surface area contributed by atoms with Crippen LogP contribution in [-0.4, -0.2) is 11.5 Å². The Morgan fingerprint density at radius 3 is 2.38 bits per heavy atom. The Bertz CT molecular complexity index is 610. The lowest BCUT2D eigenvalue weighted by atomic mass is 9.86. The van der Waals surface area contributed by atoms with Crippen molar-refractivity contribution >= 4 is 5.69 Å². The molecule has 0 aromatic heterocycles. The second-order valence-electron chi connectivity index (χ2n) is 5.34. The van der Waals surface area contributed by atoms with Gasteiger partial charge in [-0.15, -0.1) is 0 Å². The fourth-order valence-electron chi connectivity index (χ4n) is 2.87. The van der Waals surface area contributed by atoms with Crippen LogP contribution >= 0.6 is 0 Å². The lowest BCUT2D eigenvalue weighted by Gasteiger charge is -2.30. The van der Waals surface area contributed by atoms with Gasteiger partial charge in [0.1, 0.15) is 0 Å². The van der Waals surface area contributed by atoms with Gasteiger partial charge in [0.15, 0.2) is 0 Å². The molecule has 1 fully saturated rings. The Labute approximate surface area is 123 Å². The van der Waals surface area contributed by atoms with Crippen molar-refractivity contribution in [3.63, 3.8) is 0 Å². The Hall–Kier alpha value is -2.20. The zero-order valence-corrected chi connectivity index (χ0v) is 11.6. The van der Waals surface area contributed by atoms with Crippen LogP contribution in [0.25, 0.3) is 0 Å². The van der Waals surface area contributed by atoms with Gasteiger partial charge >= 0.3 is 0 Å². The minimum absolute atomic E-state index is 0.0183. The van der Waals surface area contributed by atoms with E-state index in [2.05, 4.69) is 24.3 Å². The van der Waals surface area contributed by atoms with E-state index in [4.69, 9.17) is 4.74 Å². The first kappa shape index (κ1) is 13.8. The predicted molar refractivity (Wildman–Crippen MR) is 80.2 cm³/mol. The summed E-state index contributed by atoms with van der Waals surface area (Å²) in [5.74, 6) is 0.486. The molecule has 0 bridgehead atoms. The molecule has 4 nitrogen and oxygen atoms in total. The van der Waals surface area contributed by atoms with Gasteiger partial charge in [0.05, 0.1) is 11.0 Å². The lowest BCUT2D eigenvalue weighted by Crippen LogP contribution is -2.18. The maximum Gasteiger partial charge on any atom is 0.269 e. The highest BCUT2D eigenvalue weighted by atomic mass is 16.6. The van der Waals surface area contributed by atoms with E-state index in [1.54, 1.807) is 24.3 Å². The van der Waals surface area contributed by atoms with Crippen LogP contribution < -0.4 is 0 Å². The summed E-state index contributed by atoms with van der Waals surface area (Å²) in [5, 5.41) is 10.7. The Kier molecular flexibility index (Phi) is 3.97. The van der Waals surface area contributed by atoms with E-state index in [0.29, 0.717) is 5.92 Å². The smallest absolute Gasteiger partial charge is 0.269 e. The number of hydrogen-bond acceptors (Lipinski definition) is 3. The molecule has 1 heterocycles. The van der Waals surface area contributed by atoms with Gasteiger partial charge in [0.2, 0.25) is 0 Å². The van der Waals surface area contributed by atoms with E-state index < -0.39 is 0 Å². The van der Waals surface area contributed by atoms with Crippen LogP contribution in [0.15, 0.2) is 54.6 Å². The molecule has 21 heavy (non-hydrogen) atoms. The average molecular weight is 283 g/mol. The number of benzene rings is 2. The molecule has 0 saturated carbocycles. The van der Waals surface area contributed by atoms with Crippen molar-refractivity contribution < 1.29 is 9.66 Å². The summed E-state index contributed by atoms with van der Waals surface area (Å²) in [6.45, 7) is 0.723. The minimum atomic E-state index is -0.377. The molecular formula is C17H17NO3. The van der Waals surface area contributed by atoms with E-state index in [1.807, 2.05) is 6.07 Å². The van der Waals surface area contributed by atoms with E-state index in [0.717, 1.165) is 25.0 Å². The second kappa shape index (κ2) is 6.06. The molecule has 1 aliphatic heterocycles. The molecule has 0 spiro atoms. The van der Waals surface area contributed by atoms with Crippen molar-refractivity contribution in [3.05, 3.63) is 75.8 Å². The molecule has 0 amide bonds. The summed E-state index contributed by atoms with van der Waals surface area (Å²) in [6, 6.07) is 17.2. The van der Waals surface area contributed by atoms with E-state index >= 15 is 0 Å².